The van der Waals surface area contributed by atoms with Gasteiger partial charge in [0.25, 0.3) is 0 Å². The van der Waals surface area contributed by atoms with Gasteiger partial charge in [-0.1, -0.05) is 145 Å². The molecular weight excluding hydrogens is 626 g/mol. The van der Waals surface area contributed by atoms with Gasteiger partial charge in [-0.15, -0.1) is 36.8 Å². The second-order valence-electron chi connectivity index (χ2n) is 14.6. The number of fused-ring (bicyclic) bond motifs is 1. The summed E-state index contributed by atoms with van der Waals surface area (Å²) in [6, 6.07) is 21.6. The fourth-order valence-corrected chi connectivity index (χ4v) is 3.70. The summed E-state index contributed by atoms with van der Waals surface area (Å²) in [5, 5.41) is 11.4. The van der Waals surface area contributed by atoms with Gasteiger partial charge in [0.15, 0.2) is 0 Å². The minimum absolute atomic E-state index is 0. The van der Waals surface area contributed by atoms with Crippen LogP contribution < -0.4 is 0 Å². The van der Waals surface area contributed by atoms with Crippen LogP contribution in [0.5, 0.6) is 0 Å². The van der Waals surface area contributed by atoms with E-state index in [4.69, 9.17) is 10.6 Å². The van der Waals surface area contributed by atoms with Gasteiger partial charge in [-0.3, -0.25) is 0 Å². The molecule has 0 amide bonds. The Labute approximate surface area is 276 Å². The van der Waals surface area contributed by atoms with Crippen LogP contribution in [0.25, 0.3) is 21.5 Å². The number of hydrogen-bond donors (Lipinski definition) is 0. The molecule has 41 heavy (non-hydrogen) atoms. The Morgan fingerprint density at radius 2 is 1.17 bits per heavy atom. The van der Waals surface area contributed by atoms with Gasteiger partial charge in [0, 0.05) is 37.9 Å². The van der Waals surface area contributed by atoms with E-state index in [9.17, 15) is 0 Å². The number of para-hydroxylation sites is 1. The first-order valence-corrected chi connectivity index (χ1v) is 26.0. The van der Waals surface area contributed by atoms with Gasteiger partial charge in [0.2, 0.25) is 0 Å². The number of hydrogen-bond acceptors (Lipinski definition) is 0. The maximum atomic E-state index is 5.14. The smallest absolute Gasteiger partial charge is 0.0450 e. The van der Waals surface area contributed by atoms with Crippen molar-refractivity contribution in [3.05, 3.63) is 103 Å². The normalized spacial score (nSPS) is 14.7. The van der Waals surface area contributed by atoms with Crippen molar-refractivity contribution < 1.29 is 26.2 Å². The van der Waals surface area contributed by atoms with Crippen molar-refractivity contribution in [2.45, 2.75) is 110 Å². The minimum atomic E-state index is -0.861. The number of nitrogens with zero attached hydrogens (tertiary/aromatic N) is 3. The maximum absolute atomic E-state index is 5.14. The van der Waals surface area contributed by atoms with Gasteiger partial charge in [0.05, 0.1) is 0 Å². The molecule has 1 unspecified atom stereocenters. The summed E-state index contributed by atoms with van der Waals surface area (Å²) < 4.78 is 2.23. The largest absolute Gasteiger partial charge is 0.658 e. The summed E-state index contributed by atoms with van der Waals surface area (Å²) in [7, 11) is -2.58. The fraction of sp³-hybridized carbons (Fsp3) is 0.500. The predicted molar refractivity (Wildman–Crippen MR) is 191 cm³/mol. The molecule has 0 radical (unpaired) electrons. The molecule has 1 aliphatic rings. The zero-order valence-corrected chi connectivity index (χ0v) is 33.2. The van der Waals surface area contributed by atoms with Crippen LogP contribution in [0.2, 0.25) is 58.9 Å². The molecule has 230 valence electrons. The van der Waals surface area contributed by atoms with Gasteiger partial charge in [-0.2, -0.15) is 6.29 Å². The van der Waals surface area contributed by atoms with E-state index in [0.717, 1.165) is 0 Å². The quantitative estimate of drug-likeness (QED) is 0.183. The molecule has 1 aliphatic carbocycles. The zero-order valence-electron chi connectivity index (χ0n) is 27.7. The van der Waals surface area contributed by atoms with Crippen molar-refractivity contribution >= 4 is 35.1 Å². The molecule has 1 heterocycles. The monoisotopic (exact) mass is 682 g/mol. The van der Waals surface area contributed by atoms with Gasteiger partial charge < -0.3 is 34.8 Å². The molecule has 2 aromatic carbocycles. The number of rotatable bonds is 6. The molecule has 0 saturated heterocycles. The SMILES string of the molecule is [CH2-][Si](C)(C)C.[CH2-][Si](C)(C)C.[CH2-][Si](C)(C)C.[Zr].c1ccc(C[N-]C([N-]C2CCCCC2)n2ccc3ccccc32)cc1. The van der Waals surface area contributed by atoms with E-state index >= 15 is 0 Å². The number of aromatic nitrogens is 1. The molecule has 1 atom stereocenters. The van der Waals surface area contributed by atoms with Crippen molar-refractivity contribution in [1.82, 2.24) is 4.57 Å². The van der Waals surface area contributed by atoms with Crippen LogP contribution in [0.4, 0.5) is 0 Å². The van der Waals surface area contributed by atoms with E-state index in [1.54, 1.807) is 0 Å². The Morgan fingerprint density at radius 3 is 1.68 bits per heavy atom. The predicted octanol–water partition coefficient (Wildman–Crippen LogP) is 11.5. The maximum Gasteiger partial charge on any atom is 0.0450 e. The summed E-state index contributed by atoms with van der Waals surface area (Å²) in [5.41, 5.74) is 2.45. The average molecular weight is 684 g/mol. The Morgan fingerprint density at radius 1 is 0.707 bits per heavy atom. The first-order valence-electron chi connectivity index (χ1n) is 14.9. The molecule has 1 saturated carbocycles. The van der Waals surface area contributed by atoms with E-state index in [1.807, 2.05) is 6.07 Å². The third-order valence-electron chi connectivity index (χ3n) is 5.08. The van der Waals surface area contributed by atoms with Crippen LogP contribution in [0.3, 0.4) is 0 Å². The Hall–Kier alpha value is -0.566. The van der Waals surface area contributed by atoms with Crippen LogP contribution in [0, 0.1) is 19.6 Å². The summed E-state index contributed by atoms with van der Waals surface area (Å²) >= 11 is 0. The molecule has 0 N–H and O–H groups in total. The van der Waals surface area contributed by atoms with Gasteiger partial charge in [-0.25, -0.2) is 0 Å². The summed E-state index contributed by atoms with van der Waals surface area (Å²) in [4.78, 5) is 0. The van der Waals surface area contributed by atoms with E-state index < -0.39 is 24.2 Å². The van der Waals surface area contributed by atoms with Crippen molar-refractivity contribution in [3.8, 4) is 0 Å². The molecule has 7 heteroatoms. The van der Waals surface area contributed by atoms with Crippen molar-refractivity contribution in [1.29, 1.82) is 0 Å². The standard InChI is InChI=1S/C22H25N3.3C4H11Si.Zr/c1-3-9-18(10-4-1)17-23-22(24-20-12-5-2-6-13-20)25-16-15-19-11-7-8-14-21(19)25;3*1-5(2,3)4;/h1,3-4,7-11,14-16,20,22H,2,5-6,12-13,17H2;3*1H2,2-4H3;/q-2;3*-1;. The molecule has 0 aliphatic heterocycles. The van der Waals surface area contributed by atoms with E-state index in [0.29, 0.717) is 12.6 Å². The van der Waals surface area contributed by atoms with E-state index in [-0.39, 0.29) is 32.5 Å². The topological polar surface area (TPSA) is 33.1 Å². The van der Waals surface area contributed by atoms with E-state index in [1.165, 1.54) is 48.6 Å². The van der Waals surface area contributed by atoms with Gasteiger partial charge in [0.1, 0.15) is 0 Å². The Bertz CT molecular complexity index is 1010. The molecule has 3 nitrogen and oxygen atoms in total. The second-order valence-corrected chi connectivity index (χ2v) is 29.9. The van der Waals surface area contributed by atoms with Gasteiger partial charge >= 0.3 is 0 Å². The first kappa shape index (κ1) is 40.4. The third-order valence-corrected chi connectivity index (χ3v) is 5.08. The van der Waals surface area contributed by atoms with Crippen molar-refractivity contribution in [2.24, 2.45) is 0 Å². The fourth-order valence-electron chi connectivity index (χ4n) is 3.70. The summed E-state index contributed by atoms with van der Waals surface area (Å²) in [5.74, 6) is 0. The summed E-state index contributed by atoms with van der Waals surface area (Å²) in [6.45, 7) is 32.4. The second kappa shape index (κ2) is 19.7. The van der Waals surface area contributed by atoms with Gasteiger partial charge in [-0.05, 0) is 17.5 Å². The molecule has 3 aromatic rings. The molecule has 1 fully saturated rings. The molecular formula is C34H58N3Si3Zr-5. The van der Waals surface area contributed by atoms with Crippen molar-refractivity contribution in [3.63, 3.8) is 0 Å². The molecule has 1 aromatic heterocycles. The zero-order chi connectivity index (χ0) is 30.4. The third kappa shape index (κ3) is 23.6. The minimum Gasteiger partial charge on any atom is -0.658 e. The molecule has 0 bridgehead atoms. The van der Waals surface area contributed by atoms with Crippen LogP contribution in [-0.2, 0) is 32.7 Å². The van der Waals surface area contributed by atoms with Crippen LogP contribution in [0.15, 0.2) is 66.9 Å². The molecule has 4 rings (SSSR count). The van der Waals surface area contributed by atoms with E-state index in [2.05, 4.69) is 144 Å². The van der Waals surface area contributed by atoms with Crippen LogP contribution >= 0.6 is 0 Å². The average Bonchev–Trinajstić information content (AvgIpc) is 3.24. The Kier molecular flexibility index (Phi) is 19.4. The molecule has 0 spiro atoms. The van der Waals surface area contributed by atoms with Crippen LogP contribution in [-0.4, -0.2) is 34.8 Å². The van der Waals surface area contributed by atoms with Crippen molar-refractivity contribution in [2.75, 3.05) is 0 Å². The Balaban J connectivity index is 0.000000833. The van der Waals surface area contributed by atoms with Crippen LogP contribution in [0.1, 0.15) is 44.0 Å². The summed E-state index contributed by atoms with van der Waals surface area (Å²) in [6.07, 6.45) is 8.36. The first-order chi connectivity index (χ1) is 18.4. The number of benzene rings is 2.